The highest BCUT2D eigenvalue weighted by atomic mass is 14.8. The Morgan fingerprint density at radius 3 is 2.60 bits per heavy atom. The molecule has 1 aromatic rings. The molecule has 0 bridgehead atoms. The zero-order valence-corrected chi connectivity index (χ0v) is 5.99. The van der Waals surface area contributed by atoms with Gasteiger partial charge in [0, 0.05) is 24.0 Å². The molecule has 2 N–H and O–H groups in total. The molecule has 0 spiro atoms. The summed E-state index contributed by atoms with van der Waals surface area (Å²) in [5, 5.41) is 0. The smallest absolute Gasteiger partial charge is 0.115 e. The van der Waals surface area contributed by atoms with Gasteiger partial charge < -0.3 is 5.73 Å². The highest BCUT2D eigenvalue weighted by molar-refractivity contribution is 5.07. The van der Waals surface area contributed by atoms with E-state index in [2.05, 4.69) is 9.97 Å². The summed E-state index contributed by atoms with van der Waals surface area (Å²) in [5.41, 5.74) is 6.72. The van der Waals surface area contributed by atoms with E-state index in [-0.39, 0.29) is 6.04 Å². The summed E-state index contributed by atoms with van der Waals surface area (Å²) < 4.78 is 0. The second-order valence-electron chi connectivity index (χ2n) is 2.19. The SMILES string of the molecule is CCC(N)c1cncnc1. The molecule has 1 rings (SSSR count). The summed E-state index contributed by atoms with van der Waals surface area (Å²) in [6, 6.07) is 0.0844. The van der Waals surface area contributed by atoms with E-state index in [1.54, 1.807) is 12.4 Å². The van der Waals surface area contributed by atoms with Crippen LogP contribution in [0.3, 0.4) is 0 Å². The van der Waals surface area contributed by atoms with Crippen LogP contribution in [0.4, 0.5) is 0 Å². The van der Waals surface area contributed by atoms with E-state index in [0.717, 1.165) is 12.0 Å². The number of rotatable bonds is 2. The summed E-state index contributed by atoms with van der Waals surface area (Å²) in [4.78, 5) is 7.73. The highest BCUT2D eigenvalue weighted by Crippen LogP contribution is 2.08. The van der Waals surface area contributed by atoms with E-state index in [0.29, 0.717) is 0 Å². The van der Waals surface area contributed by atoms with Crippen LogP contribution in [0.25, 0.3) is 0 Å². The lowest BCUT2D eigenvalue weighted by Gasteiger charge is -2.05. The number of hydrogen-bond donors (Lipinski definition) is 1. The molecule has 0 saturated heterocycles. The van der Waals surface area contributed by atoms with Crippen LogP contribution >= 0.6 is 0 Å². The van der Waals surface area contributed by atoms with Crippen LogP contribution in [-0.4, -0.2) is 9.97 Å². The number of nitrogens with zero attached hydrogens (tertiary/aromatic N) is 2. The molecule has 0 fully saturated rings. The van der Waals surface area contributed by atoms with Gasteiger partial charge in [0.2, 0.25) is 0 Å². The number of hydrogen-bond acceptors (Lipinski definition) is 3. The van der Waals surface area contributed by atoms with E-state index in [9.17, 15) is 0 Å². The van der Waals surface area contributed by atoms with Crippen molar-refractivity contribution in [1.82, 2.24) is 9.97 Å². The van der Waals surface area contributed by atoms with Crippen molar-refractivity contribution in [3.8, 4) is 0 Å². The van der Waals surface area contributed by atoms with Crippen molar-refractivity contribution in [1.29, 1.82) is 0 Å². The largest absolute Gasteiger partial charge is 0.324 e. The Kier molecular flexibility index (Phi) is 2.34. The molecule has 3 heteroatoms. The summed E-state index contributed by atoms with van der Waals surface area (Å²) in [6.07, 6.45) is 5.93. The molecular formula is C7H11N3. The maximum absolute atomic E-state index is 5.71. The minimum atomic E-state index is 0.0844. The maximum Gasteiger partial charge on any atom is 0.115 e. The predicted molar refractivity (Wildman–Crippen MR) is 39.3 cm³/mol. The molecule has 1 unspecified atom stereocenters. The van der Waals surface area contributed by atoms with Gasteiger partial charge in [-0.1, -0.05) is 6.92 Å². The molecule has 0 radical (unpaired) electrons. The molecule has 0 saturated carbocycles. The average molecular weight is 137 g/mol. The van der Waals surface area contributed by atoms with Gasteiger partial charge in [-0.3, -0.25) is 0 Å². The predicted octanol–water partition coefficient (Wildman–Crippen LogP) is 0.886. The normalized spacial score (nSPS) is 13.0. The van der Waals surface area contributed by atoms with Crippen molar-refractivity contribution < 1.29 is 0 Å². The van der Waals surface area contributed by atoms with Crippen molar-refractivity contribution in [2.24, 2.45) is 5.73 Å². The molecule has 0 amide bonds. The molecule has 1 heterocycles. The molecule has 1 aromatic heterocycles. The molecular weight excluding hydrogens is 126 g/mol. The first-order chi connectivity index (χ1) is 4.84. The maximum atomic E-state index is 5.71. The first-order valence-corrected chi connectivity index (χ1v) is 3.35. The molecule has 10 heavy (non-hydrogen) atoms. The summed E-state index contributed by atoms with van der Waals surface area (Å²) >= 11 is 0. The molecule has 0 aliphatic heterocycles. The van der Waals surface area contributed by atoms with E-state index in [1.807, 2.05) is 6.92 Å². The fourth-order valence-electron chi connectivity index (χ4n) is 0.738. The van der Waals surface area contributed by atoms with Crippen molar-refractivity contribution in [3.05, 3.63) is 24.3 Å². The standard InChI is InChI=1S/C7H11N3/c1-2-7(8)6-3-9-5-10-4-6/h3-5,7H,2,8H2,1H3. The zero-order chi connectivity index (χ0) is 7.40. The Labute approximate surface area is 60.3 Å². The lowest BCUT2D eigenvalue weighted by Crippen LogP contribution is -2.08. The molecule has 0 aromatic carbocycles. The highest BCUT2D eigenvalue weighted by Gasteiger charge is 2.00. The van der Waals surface area contributed by atoms with Crippen LogP contribution in [0.15, 0.2) is 18.7 Å². The van der Waals surface area contributed by atoms with Crippen molar-refractivity contribution in [2.45, 2.75) is 19.4 Å². The van der Waals surface area contributed by atoms with E-state index in [1.165, 1.54) is 6.33 Å². The second kappa shape index (κ2) is 3.27. The molecule has 1 atom stereocenters. The zero-order valence-electron chi connectivity index (χ0n) is 5.99. The second-order valence-corrected chi connectivity index (χ2v) is 2.19. The van der Waals surface area contributed by atoms with Crippen LogP contribution in [-0.2, 0) is 0 Å². The number of nitrogens with two attached hydrogens (primary N) is 1. The minimum absolute atomic E-state index is 0.0844. The Morgan fingerprint density at radius 2 is 2.10 bits per heavy atom. The van der Waals surface area contributed by atoms with Crippen molar-refractivity contribution >= 4 is 0 Å². The average Bonchev–Trinajstić information content (AvgIpc) is 2.05. The van der Waals surface area contributed by atoms with Gasteiger partial charge in [-0.25, -0.2) is 9.97 Å². The first-order valence-electron chi connectivity index (χ1n) is 3.35. The third-order valence-corrected chi connectivity index (χ3v) is 1.45. The quantitative estimate of drug-likeness (QED) is 0.658. The van der Waals surface area contributed by atoms with E-state index < -0.39 is 0 Å². The van der Waals surface area contributed by atoms with E-state index >= 15 is 0 Å². The van der Waals surface area contributed by atoms with Gasteiger partial charge in [0.1, 0.15) is 6.33 Å². The fourth-order valence-corrected chi connectivity index (χ4v) is 0.738. The van der Waals surface area contributed by atoms with Gasteiger partial charge >= 0.3 is 0 Å². The third kappa shape index (κ3) is 1.51. The van der Waals surface area contributed by atoms with Crippen LogP contribution in [0, 0.1) is 0 Å². The minimum Gasteiger partial charge on any atom is -0.324 e. The van der Waals surface area contributed by atoms with Gasteiger partial charge in [0.15, 0.2) is 0 Å². The summed E-state index contributed by atoms with van der Waals surface area (Å²) in [5.74, 6) is 0. The Hall–Kier alpha value is -0.960. The summed E-state index contributed by atoms with van der Waals surface area (Å²) in [7, 11) is 0. The summed E-state index contributed by atoms with van der Waals surface area (Å²) in [6.45, 7) is 2.04. The van der Waals surface area contributed by atoms with Gasteiger partial charge in [-0.05, 0) is 6.42 Å². The van der Waals surface area contributed by atoms with Crippen LogP contribution < -0.4 is 5.73 Å². The Balaban J connectivity index is 2.75. The number of aromatic nitrogens is 2. The molecule has 0 aliphatic rings. The first kappa shape index (κ1) is 7.15. The van der Waals surface area contributed by atoms with Gasteiger partial charge in [0.05, 0.1) is 0 Å². The Morgan fingerprint density at radius 1 is 1.50 bits per heavy atom. The molecule has 3 nitrogen and oxygen atoms in total. The molecule has 0 aliphatic carbocycles. The lowest BCUT2D eigenvalue weighted by molar-refractivity contribution is 0.690. The van der Waals surface area contributed by atoms with Crippen LogP contribution in [0.2, 0.25) is 0 Å². The van der Waals surface area contributed by atoms with Crippen molar-refractivity contribution in [3.63, 3.8) is 0 Å². The topological polar surface area (TPSA) is 51.8 Å². The van der Waals surface area contributed by atoms with Gasteiger partial charge in [-0.15, -0.1) is 0 Å². The van der Waals surface area contributed by atoms with E-state index in [4.69, 9.17) is 5.73 Å². The van der Waals surface area contributed by atoms with Crippen molar-refractivity contribution in [2.75, 3.05) is 0 Å². The lowest BCUT2D eigenvalue weighted by atomic mass is 10.1. The van der Waals surface area contributed by atoms with Gasteiger partial charge in [-0.2, -0.15) is 0 Å². The third-order valence-electron chi connectivity index (χ3n) is 1.45. The fraction of sp³-hybridized carbons (Fsp3) is 0.429. The van der Waals surface area contributed by atoms with Crippen LogP contribution in [0.1, 0.15) is 24.9 Å². The molecule has 54 valence electrons. The van der Waals surface area contributed by atoms with Crippen LogP contribution in [0.5, 0.6) is 0 Å². The van der Waals surface area contributed by atoms with Gasteiger partial charge in [0.25, 0.3) is 0 Å². The Bertz CT molecular complexity index is 185. The monoisotopic (exact) mass is 137 g/mol.